The molecule has 0 aromatic heterocycles. The number of hydrogen-bond donors (Lipinski definition) is 1. The minimum atomic E-state index is 0.355. The van der Waals surface area contributed by atoms with Gasteiger partial charge in [-0.15, -0.1) is 0 Å². The summed E-state index contributed by atoms with van der Waals surface area (Å²) in [5.41, 5.74) is 2.33. The summed E-state index contributed by atoms with van der Waals surface area (Å²) in [5, 5.41) is 3.84. The Morgan fingerprint density at radius 1 is 1.16 bits per heavy atom. The molecule has 0 aliphatic heterocycles. The smallest absolute Gasteiger partial charge is 0.0325 e. The van der Waals surface area contributed by atoms with E-state index in [4.69, 9.17) is 0 Å². The van der Waals surface area contributed by atoms with Gasteiger partial charge >= 0.3 is 0 Å². The Morgan fingerprint density at radius 2 is 1.79 bits per heavy atom. The van der Waals surface area contributed by atoms with Gasteiger partial charge in [-0.3, -0.25) is 0 Å². The SMILES string of the molecule is CC(C)(C)CC(NCC1(C)CCC1)c1ccccc1. The van der Waals surface area contributed by atoms with Crippen molar-refractivity contribution in [3.63, 3.8) is 0 Å². The van der Waals surface area contributed by atoms with Crippen LogP contribution in [0.2, 0.25) is 0 Å². The molecule has 1 aliphatic rings. The Morgan fingerprint density at radius 3 is 2.26 bits per heavy atom. The van der Waals surface area contributed by atoms with Crippen LogP contribution in [0.15, 0.2) is 30.3 Å². The van der Waals surface area contributed by atoms with Gasteiger partial charge in [-0.05, 0) is 35.7 Å². The lowest BCUT2D eigenvalue weighted by Gasteiger charge is -2.40. The Hall–Kier alpha value is -0.820. The molecular weight excluding hydrogens is 230 g/mol. The van der Waals surface area contributed by atoms with Crippen LogP contribution in [0.5, 0.6) is 0 Å². The molecule has 1 heteroatoms. The van der Waals surface area contributed by atoms with E-state index in [1.54, 1.807) is 0 Å². The highest BCUT2D eigenvalue weighted by molar-refractivity contribution is 5.19. The fraction of sp³-hybridized carbons (Fsp3) is 0.667. The molecule has 106 valence electrons. The average molecular weight is 259 g/mol. The van der Waals surface area contributed by atoms with Gasteiger partial charge in [0, 0.05) is 12.6 Å². The Kier molecular flexibility index (Phi) is 4.35. The van der Waals surface area contributed by atoms with Crippen LogP contribution in [0, 0.1) is 10.8 Å². The van der Waals surface area contributed by atoms with E-state index < -0.39 is 0 Å². The van der Waals surface area contributed by atoms with E-state index >= 15 is 0 Å². The lowest BCUT2D eigenvalue weighted by Crippen LogP contribution is -2.39. The number of nitrogens with one attached hydrogen (secondary N) is 1. The normalized spacial score (nSPS) is 19.8. The fourth-order valence-corrected chi connectivity index (χ4v) is 2.93. The largest absolute Gasteiger partial charge is 0.309 e. The van der Waals surface area contributed by atoms with E-state index in [9.17, 15) is 0 Å². The van der Waals surface area contributed by atoms with Gasteiger partial charge in [0.05, 0.1) is 0 Å². The van der Waals surface area contributed by atoms with Gasteiger partial charge in [0.2, 0.25) is 0 Å². The first kappa shape index (κ1) is 14.6. The van der Waals surface area contributed by atoms with Gasteiger partial charge in [-0.1, -0.05) is 64.4 Å². The van der Waals surface area contributed by atoms with E-state index in [2.05, 4.69) is 63.3 Å². The molecule has 1 aromatic rings. The molecule has 0 radical (unpaired) electrons. The monoisotopic (exact) mass is 259 g/mol. The molecule has 0 spiro atoms. The van der Waals surface area contributed by atoms with E-state index in [0.717, 1.165) is 6.54 Å². The summed E-state index contributed by atoms with van der Waals surface area (Å²) in [7, 11) is 0. The Balaban J connectivity index is 2.02. The molecule has 1 saturated carbocycles. The maximum atomic E-state index is 3.84. The van der Waals surface area contributed by atoms with Crippen molar-refractivity contribution < 1.29 is 0 Å². The molecule has 0 bridgehead atoms. The third-order valence-electron chi connectivity index (χ3n) is 4.35. The molecule has 0 amide bonds. The number of benzene rings is 1. The quantitative estimate of drug-likeness (QED) is 0.789. The minimum Gasteiger partial charge on any atom is -0.309 e. The molecule has 0 heterocycles. The summed E-state index contributed by atoms with van der Waals surface area (Å²) in [6.45, 7) is 10.6. The summed E-state index contributed by atoms with van der Waals surface area (Å²) in [6.07, 6.45) is 5.37. The fourth-order valence-electron chi connectivity index (χ4n) is 2.93. The van der Waals surface area contributed by atoms with Crippen LogP contribution in [-0.4, -0.2) is 6.54 Å². The first-order valence-electron chi connectivity index (χ1n) is 7.66. The highest BCUT2D eigenvalue weighted by Gasteiger charge is 2.32. The zero-order valence-electron chi connectivity index (χ0n) is 13.0. The second-order valence-electron chi connectivity index (χ2n) is 7.77. The van der Waals surface area contributed by atoms with E-state index in [0.29, 0.717) is 16.9 Å². The lowest BCUT2D eigenvalue weighted by atomic mass is 9.70. The van der Waals surface area contributed by atoms with Gasteiger partial charge in [0.15, 0.2) is 0 Å². The van der Waals surface area contributed by atoms with Crippen molar-refractivity contribution in [3.8, 4) is 0 Å². The van der Waals surface area contributed by atoms with Crippen LogP contribution in [0.25, 0.3) is 0 Å². The van der Waals surface area contributed by atoms with Crippen molar-refractivity contribution in [1.29, 1.82) is 0 Å². The molecule has 1 atom stereocenters. The topological polar surface area (TPSA) is 12.0 Å². The molecule has 2 rings (SSSR count). The second-order valence-corrected chi connectivity index (χ2v) is 7.77. The van der Waals surface area contributed by atoms with Crippen molar-refractivity contribution >= 4 is 0 Å². The lowest BCUT2D eigenvalue weighted by molar-refractivity contribution is 0.145. The van der Waals surface area contributed by atoms with Gasteiger partial charge in [-0.2, -0.15) is 0 Å². The predicted octanol–water partition coefficient (Wildman–Crippen LogP) is 4.94. The minimum absolute atomic E-state index is 0.355. The average Bonchev–Trinajstić information content (AvgIpc) is 2.32. The second kappa shape index (κ2) is 5.66. The Labute approximate surface area is 118 Å². The highest BCUT2D eigenvalue weighted by Crippen LogP contribution is 2.40. The zero-order valence-corrected chi connectivity index (χ0v) is 13.0. The van der Waals surface area contributed by atoms with Crippen molar-refractivity contribution in [3.05, 3.63) is 35.9 Å². The first-order valence-corrected chi connectivity index (χ1v) is 7.66. The van der Waals surface area contributed by atoms with Crippen LogP contribution >= 0.6 is 0 Å². The maximum absolute atomic E-state index is 3.84. The summed E-state index contributed by atoms with van der Waals surface area (Å²) in [5.74, 6) is 0. The van der Waals surface area contributed by atoms with Gasteiger partial charge in [-0.25, -0.2) is 0 Å². The summed E-state index contributed by atoms with van der Waals surface area (Å²) < 4.78 is 0. The predicted molar refractivity (Wildman–Crippen MR) is 83.2 cm³/mol. The van der Waals surface area contributed by atoms with E-state index in [1.165, 1.54) is 31.2 Å². The summed E-state index contributed by atoms with van der Waals surface area (Å²) in [4.78, 5) is 0. The molecule has 0 saturated heterocycles. The summed E-state index contributed by atoms with van der Waals surface area (Å²) in [6, 6.07) is 11.4. The third-order valence-corrected chi connectivity index (χ3v) is 4.35. The molecule has 1 N–H and O–H groups in total. The van der Waals surface area contributed by atoms with Gasteiger partial charge in [0.25, 0.3) is 0 Å². The zero-order chi connectivity index (χ0) is 13.9. The van der Waals surface area contributed by atoms with Crippen LogP contribution < -0.4 is 5.32 Å². The van der Waals surface area contributed by atoms with Crippen LogP contribution in [0.4, 0.5) is 0 Å². The standard InChI is InChI=1S/C18H29N/c1-17(2,3)13-16(15-9-6-5-7-10-15)19-14-18(4)11-8-12-18/h5-7,9-10,16,19H,8,11-14H2,1-4H3. The summed E-state index contributed by atoms with van der Waals surface area (Å²) >= 11 is 0. The highest BCUT2D eigenvalue weighted by atomic mass is 14.9. The number of hydrogen-bond acceptors (Lipinski definition) is 1. The van der Waals surface area contributed by atoms with Crippen molar-refractivity contribution in [1.82, 2.24) is 5.32 Å². The molecule has 1 nitrogen and oxygen atoms in total. The number of rotatable bonds is 5. The van der Waals surface area contributed by atoms with Crippen molar-refractivity contribution in [2.45, 2.75) is 59.4 Å². The van der Waals surface area contributed by atoms with Crippen LogP contribution in [-0.2, 0) is 0 Å². The molecule has 1 unspecified atom stereocenters. The van der Waals surface area contributed by atoms with Crippen LogP contribution in [0.3, 0.4) is 0 Å². The molecular formula is C18H29N. The third kappa shape index (κ3) is 4.35. The van der Waals surface area contributed by atoms with Crippen LogP contribution in [0.1, 0.15) is 65.0 Å². The molecule has 1 aliphatic carbocycles. The Bertz CT molecular complexity index is 384. The van der Waals surface area contributed by atoms with Crippen molar-refractivity contribution in [2.75, 3.05) is 6.54 Å². The first-order chi connectivity index (χ1) is 8.88. The maximum Gasteiger partial charge on any atom is 0.0325 e. The van der Waals surface area contributed by atoms with Crippen molar-refractivity contribution in [2.24, 2.45) is 10.8 Å². The van der Waals surface area contributed by atoms with Gasteiger partial charge < -0.3 is 5.32 Å². The van der Waals surface area contributed by atoms with E-state index in [-0.39, 0.29) is 0 Å². The van der Waals surface area contributed by atoms with Gasteiger partial charge in [0.1, 0.15) is 0 Å². The molecule has 19 heavy (non-hydrogen) atoms. The molecule has 1 aromatic carbocycles. The van der Waals surface area contributed by atoms with E-state index in [1.807, 2.05) is 0 Å². The molecule has 1 fully saturated rings.